The predicted molar refractivity (Wildman–Crippen MR) is 130 cm³/mol. The average Bonchev–Trinajstić information content (AvgIpc) is 3.50. The van der Waals surface area contributed by atoms with E-state index in [1.165, 1.54) is 37.1 Å². The molecule has 1 atom stereocenters. The average molecular weight is 466 g/mol. The zero-order chi connectivity index (χ0) is 23.5. The molecule has 1 saturated heterocycles. The lowest BCUT2D eigenvalue weighted by molar-refractivity contribution is 0.0988. The summed E-state index contributed by atoms with van der Waals surface area (Å²) in [6.45, 7) is 10.7. The Hall–Kier alpha value is -2.71. The predicted octanol–water partition coefficient (Wildman–Crippen LogP) is 4.43. The van der Waals surface area contributed by atoms with Gasteiger partial charge in [0, 0.05) is 11.3 Å². The minimum atomic E-state index is -0.375. The van der Waals surface area contributed by atoms with Gasteiger partial charge in [0.1, 0.15) is 5.82 Å². The van der Waals surface area contributed by atoms with Gasteiger partial charge in [-0.05, 0) is 64.8 Å². The van der Waals surface area contributed by atoms with Gasteiger partial charge in [-0.1, -0.05) is 42.1 Å². The van der Waals surface area contributed by atoms with Crippen LogP contribution in [0.25, 0.3) is 0 Å². The first kappa shape index (κ1) is 23.4. The number of hydrogen-bond donors (Lipinski definition) is 1. The molecule has 4 rings (SSSR count). The van der Waals surface area contributed by atoms with Gasteiger partial charge in [-0.3, -0.25) is 14.5 Å². The molecule has 7 nitrogen and oxygen atoms in total. The van der Waals surface area contributed by atoms with E-state index in [0.717, 1.165) is 41.9 Å². The molecule has 1 aliphatic heterocycles. The fraction of sp³-hybridized carbons (Fsp3) is 0.440. The second-order valence-corrected chi connectivity index (χ2v) is 10.1. The second-order valence-electron chi connectivity index (χ2n) is 8.76. The Balaban J connectivity index is 1.59. The van der Waals surface area contributed by atoms with E-state index in [1.807, 2.05) is 39.0 Å². The highest BCUT2D eigenvalue weighted by Crippen LogP contribution is 2.28. The minimum Gasteiger partial charge on any atom is -0.355 e. The number of aryl methyl sites for hydroxylation is 1. The Morgan fingerprint density at radius 3 is 2.42 bits per heavy atom. The van der Waals surface area contributed by atoms with E-state index in [-0.39, 0.29) is 16.8 Å². The molecular weight excluding hydrogens is 434 g/mol. The van der Waals surface area contributed by atoms with Crippen molar-refractivity contribution in [3.63, 3.8) is 0 Å². The topological polar surface area (TPSA) is 83.9 Å². The molecule has 1 aliphatic rings. The minimum absolute atomic E-state index is 0.0326. The summed E-state index contributed by atoms with van der Waals surface area (Å²) in [6.07, 6.45) is 2.44. The number of carbonyl (C=O) groups excluding carboxylic acids is 2. The number of aromatic nitrogens is 4. The quantitative estimate of drug-likeness (QED) is 0.372. The Bertz CT molecular complexity index is 1150. The molecule has 174 valence electrons. The van der Waals surface area contributed by atoms with Crippen LogP contribution in [0.2, 0.25) is 0 Å². The second kappa shape index (κ2) is 10.1. The van der Waals surface area contributed by atoms with Crippen LogP contribution in [-0.2, 0) is 13.1 Å². The maximum absolute atomic E-state index is 13.3. The van der Waals surface area contributed by atoms with Crippen LogP contribution >= 0.6 is 11.8 Å². The zero-order valence-corrected chi connectivity index (χ0v) is 20.5. The van der Waals surface area contributed by atoms with Gasteiger partial charge in [0.15, 0.2) is 16.7 Å². The lowest BCUT2D eigenvalue weighted by Gasteiger charge is -2.17. The number of Topliss-reactive ketones (excluding diaryl/α,β-unsaturated/α-hetero) is 2. The number of H-pyrrole nitrogens is 1. The number of likely N-dealkylation sites (tertiary alicyclic amines) is 1. The fourth-order valence-electron chi connectivity index (χ4n) is 4.53. The van der Waals surface area contributed by atoms with Crippen LogP contribution in [0, 0.1) is 13.8 Å². The molecule has 1 aromatic carbocycles. The van der Waals surface area contributed by atoms with Gasteiger partial charge in [-0.2, -0.15) is 0 Å². The largest absolute Gasteiger partial charge is 0.355 e. The van der Waals surface area contributed by atoms with Gasteiger partial charge in [0.2, 0.25) is 0 Å². The molecule has 2 aromatic heterocycles. The number of ketones is 2. The number of benzene rings is 1. The van der Waals surface area contributed by atoms with Crippen LogP contribution in [0.3, 0.4) is 0 Å². The van der Waals surface area contributed by atoms with Crippen LogP contribution in [0.1, 0.15) is 70.2 Å². The summed E-state index contributed by atoms with van der Waals surface area (Å²) in [5.74, 6) is 0.854. The SMILES string of the molecule is CC(=O)c1c(C)[nH]c(C(=O)[C@H](C)Sc2nnc(CN3CCCC3)n2Cc2ccccc2)c1C. The monoisotopic (exact) mass is 465 g/mol. The highest BCUT2D eigenvalue weighted by molar-refractivity contribution is 8.00. The summed E-state index contributed by atoms with van der Waals surface area (Å²) < 4.78 is 2.13. The van der Waals surface area contributed by atoms with E-state index in [1.54, 1.807) is 0 Å². The third-order valence-electron chi connectivity index (χ3n) is 6.23. The Labute approximate surface area is 199 Å². The highest BCUT2D eigenvalue weighted by Gasteiger charge is 2.27. The standard InChI is InChI=1S/C25H31N5O2S/c1-16-22(18(3)31)17(2)26-23(16)24(32)19(4)33-25-28-27-21(15-29-12-8-9-13-29)30(25)14-20-10-6-5-7-11-20/h5-7,10-11,19,26H,8-9,12-15H2,1-4H3/t19-/m0/s1. The normalized spacial score (nSPS) is 15.2. The maximum Gasteiger partial charge on any atom is 0.192 e. The summed E-state index contributed by atoms with van der Waals surface area (Å²) >= 11 is 1.42. The highest BCUT2D eigenvalue weighted by atomic mass is 32.2. The van der Waals surface area contributed by atoms with Crippen molar-refractivity contribution < 1.29 is 9.59 Å². The van der Waals surface area contributed by atoms with Crippen molar-refractivity contribution in [3.05, 3.63) is 64.2 Å². The molecule has 3 heterocycles. The lowest BCUT2D eigenvalue weighted by atomic mass is 10.0. The van der Waals surface area contributed by atoms with Crippen LogP contribution in [0.15, 0.2) is 35.5 Å². The lowest BCUT2D eigenvalue weighted by Crippen LogP contribution is -2.22. The van der Waals surface area contributed by atoms with Gasteiger partial charge in [0.25, 0.3) is 0 Å². The van der Waals surface area contributed by atoms with Gasteiger partial charge < -0.3 is 9.55 Å². The molecular formula is C25H31N5O2S. The van der Waals surface area contributed by atoms with Crippen LogP contribution < -0.4 is 0 Å². The van der Waals surface area contributed by atoms with Crippen molar-refractivity contribution >= 4 is 23.3 Å². The van der Waals surface area contributed by atoms with Crippen molar-refractivity contribution in [2.75, 3.05) is 13.1 Å². The molecule has 3 aromatic rings. The number of rotatable bonds is 9. The molecule has 0 unspecified atom stereocenters. The Morgan fingerprint density at radius 1 is 1.09 bits per heavy atom. The number of nitrogens with zero attached hydrogens (tertiary/aromatic N) is 4. The van der Waals surface area contributed by atoms with Crippen molar-refractivity contribution in [1.29, 1.82) is 0 Å². The third kappa shape index (κ3) is 5.12. The van der Waals surface area contributed by atoms with Gasteiger partial charge in [0.05, 0.1) is 24.0 Å². The van der Waals surface area contributed by atoms with Crippen LogP contribution in [-0.4, -0.2) is 54.6 Å². The van der Waals surface area contributed by atoms with Gasteiger partial charge in [-0.15, -0.1) is 10.2 Å². The molecule has 0 bridgehead atoms. The third-order valence-corrected chi connectivity index (χ3v) is 7.31. The molecule has 0 spiro atoms. The molecule has 0 radical (unpaired) electrons. The zero-order valence-electron chi connectivity index (χ0n) is 19.7. The smallest absolute Gasteiger partial charge is 0.192 e. The summed E-state index contributed by atoms with van der Waals surface area (Å²) in [6, 6.07) is 10.3. The van der Waals surface area contributed by atoms with Gasteiger partial charge >= 0.3 is 0 Å². The van der Waals surface area contributed by atoms with E-state index >= 15 is 0 Å². The molecule has 0 aliphatic carbocycles. The summed E-state index contributed by atoms with van der Waals surface area (Å²) in [4.78, 5) is 30.8. The summed E-state index contributed by atoms with van der Waals surface area (Å²) in [5, 5.41) is 9.35. The first-order chi connectivity index (χ1) is 15.8. The van der Waals surface area contributed by atoms with Gasteiger partial charge in [-0.25, -0.2) is 0 Å². The first-order valence-electron chi connectivity index (χ1n) is 11.4. The molecule has 0 amide bonds. The van der Waals surface area contributed by atoms with E-state index < -0.39 is 0 Å². The number of thioether (sulfide) groups is 1. The van der Waals surface area contributed by atoms with Crippen molar-refractivity contribution in [2.24, 2.45) is 0 Å². The van der Waals surface area contributed by atoms with Crippen molar-refractivity contribution in [3.8, 4) is 0 Å². The number of aromatic amines is 1. The number of nitrogens with one attached hydrogen (secondary N) is 1. The Kier molecular flexibility index (Phi) is 7.14. The van der Waals surface area contributed by atoms with Crippen molar-refractivity contribution in [2.45, 2.75) is 64.0 Å². The molecule has 33 heavy (non-hydrogen) atoms. The van der Waals surface area contributed by atoms with E-state index in [0.29, 0.717) is 17.8 Å². The number of hydrogen-bond acceptors (Lipinski definition) is 6. The van der Waals surface area contributed by atoms with E-state index in [4.69, 9.17) is 0 Å². The summed E-state index contributed by atoms with van der Waals surface area (Å²) in [7, 11) is 0. The maximum atomic E-state index is 13.3. The molecule has 0 saturated carbocycles. The van der Waals surface area contributed by atoms with Crippen LogP contribution in [0.5, 0.6) is 0 Å². The van der Waals surface area contributed by atoms with Crippen molar-refractivity contribution in [1.82, 2.24) is 24.6 Å². The summed E-state index contributed by atoms with van der Waals surface area (Å²) in [5.41, 5.74) is 3.74. The van der Waals surface area contributed by atoms with Crippen LogP contribution in [0.4, 0.5) is 0 Å². The van der Waals surface area contributed by atoms with E-state index in [2.05, 4.69) is 36.8 Å². The molecule has 1 fully saturated rings. The number of carbonyl (C=O) groups is 2. The van der Waals surface area contributed by atoms with E-state index in [9.17, 15) is 9.59 Å². The fourth-order valence-corrected chi connectivity index (χ4v) is 5.45. The molecule has 8 heteroatoms. The first-order valence-corrected chi connectivity index (χ1v) is 12.3. The Morgan fingerprint density at radius 2 is 1.79 bits per heavy atom. The molecule has 1 N–H and O–H groups in total.